The number of likely N-dealkylation sites (tertiary alicyclic amines) is 1. The van der Waals surface area contributed by atoms with Crippen LogP contribution in [0.25, 0.3) is 11.4 Å². The van der Waals surface area contributed by atoms with Gasteiger partial charge in [0.05, 0.1) is 11.4 Å². The first-order valence-corrected chi connectivity index (χ1v) is 8.65. The SMILES string of the molecule is CC(=O)N1CCC(Cc2nccnc2-c2ccnn2C(C)C)CC1. The molecule has 3 heterocycles. The van der Waals surface area contributed by atoms with Crippen LogP contribution in [-0.2, 0) is 11.2 Å². The molecule has 0 aromatic carbocycles. The van der Waals surface area contributed by atoms with Crippen LogP contribution in [0.4, 0.5) is 0 Å². The van der Waals surface area contributed by atoms with Gasteiger partial charge in [-0.05, 0) is 45.1 Å². The predicted octanol–water partition coefficient (Wildman–Crippen LogP) is 2.72. The quantitative estimate of drug-likeness (QED) is 0.866. The smallest absolute Gasteiger partial charge is 0.219 e. The number of nitrogens with zero attached hydrogens (tertiary/aromatic N) is 5. The fourth-order valence-corrected chi connectivity index (χ4v) is 3.37. The van der Waals surface area contributed by atoms with Crippen LogP contribution in [0, 0.1) is 5.92 Å². The topological polar surface area (TPSA) is 63.9 Å². The monoisotopic (exact) mass is 327 g/mol. The third-order valence-electron chi connectivity index (χ3n) is 4.72. The minimum absolute atomic E-state index is 0.175. The Kier molecular flexibility index (Phi) is 4.92. The van der Waals surface area contributed by atoms with Crippen LogP contribution in [0.15, 0.2) is 24.7 Å². The highest BCUT2D eigenvalue weighted by Crippen LogP contribution is 2.27. The summed E-state index contributed by atoms with van der Waals surface area (Å²) in [4.78, 5) is 22.6. The van der Waals surface area contributed by atoms with Gasteiger partial charge in [-0.3, -0.25) is 19.4 Å². The molecule has 0 radical (unpaired) electrons. The van der Waals surface area contributed by atoms with Crippen LogP contribution in [-0.4, -0.2) is 43.6 Å². The molecule has 0 spiro atoms. The van der Waals surface area contributed by atoms with E-state index in [1.54, 1.807) is 19.3 Å². The van der Waals surface area contributed by atoms with Crippen molar-refractivity contribution in [2.75, 3.05) is 13.1 Å². The van der Waals surface area contributed by atoms with Crippen molar-refractivity contribution in [2.24, 2.45) is 5.92 Å². The standard InChI is InChI=1S/C18H25N5O/c1-13(2)23-17(4-7-21-23)18-16(19-8-9-20-18)12-15-5-10-22(11-6-15)14(3)24/h4,7-9,13,15H,5-6,10-12H2,1-3H3. The highest BCUT2D eigenvalue weighted by molar-refractivity contribution is 5.73. The first-order valence-electron chi connectivity index (χ1n) is 8.65. The molecular formula is C18H25N5O. The Morgan fingerprint density at radius 1 is 1.21 bits per heavy atom. The van der Waals surface area contributed by atoms with Crippen molar-refractivity contribution in [2.45, 2.75) is 46.1 Å². The van der Waals surface area contributed by atoms with Gasteiger partial charge >= 0.3 is 0 Å². The number of piperidine rings is 1. The van der Waals surface area contributed by atoms with Crippen LogP contribution in [0.5, 0.6) is 0 Å². The highest BCUT2D eigenvalue weighted by Gasteiger charge is 2.23. The van der Waals surface area contributed by atoms with Crippen molar-refractivity contribution in [1.29, 1.82) is 0 Å². The van der Waals surface area contributed by atoms with Gasteiger partial charge in [-0.15, -0.1) is 0 Å². The van der Waals surface area contributed by atoms with Crippen molar-refractivity contribution < 1.29 is 4.79 Å². The van der Waals surface area contributed by atoms with Crippen molar-refractivity contribution in [1.82, 2.24) is 24.6 Å². The van der Waals surface area contributed by atoms with Crippen molar-refractivity contribution >= 4 is 5.91 Å². The normalized spacial score (nSPS) is 15.9. The number of hydrogen-bond donors (Lipinski definition) is 0. The molecular weight excluding hydrogens is 302 g/mol. The van der Waals surface area contributed by atoms with Crippen molar-refractivity contribution in [3.8, 4) is 11.4 Å². The average molecular weight is 327 g/mol. The molecule has 2 aromatic rings. The lowest BCUT2D eigenvalue weighted by Crippen LogP contribution is -2.37. The molecule has 24 heavy (non-hydrogen) atoms. The Morgan fingerprint density at radius 2 is 1.92 bits per heavy atom. The summed E-state index contributed by atoms with van der Waals surface area (Å²) >= 11 is 0. The average Bonchev–Trinajstić information content (AvgIpc) is 3.05. The van der Waals surface area contributed by atoms with Crippen LogP contribution in [0.1, 0.15) is 45.3 Å². The van der Waals surface area contributed by atoms with E-state index in [1.165, 1.54) is 0 Å². The first kappa shape index (κ1) is 16.6. The van der Waals surface area contributed by atoms with Crippen LogP contribution in [0.3, 0.4) is 0 Å². The van der Waals surface area contributed by atoms with E-state index < -0.39 is 0 Å². The van der Waals surface area contributed by atoms with E-state index in [2.05, 4.69) is 28.9 Å². The summed E-state index contributed by atoms with van der Waals surface area (Å²) in [7, 11) is 0. The Balaban J connectivity index is 1.78. The molecule has 0 N–H and O–H groups in total. The maximum atomic E-state index is 11.5. The van der Waals surface area contributed by atoms with E-state index in [4.69, 9.17) is 0 Å². The number of carbonyl (C=O) groups excluding carboxylic acids is 1. The van der Waals surface area contributed by atoms with Gasteiger partial charge in [0.2, 0.25) is 5.91 Å². The molecule has 2 aromatic heterocycles. The maximum Gasteiger partial charge on any atom is 0.219 e. The van der Waals surface area contributed by atoms with E-state index in [0.29, 0.717) is 5.92 Å². The second-order valence-electron chi connectivity index (χ2n) is 6.76. The predicted molar refractivity (Wildman–Crippen MR) is 92.3 cm³/mol. The summed E-state index contributed by atoms with van der Waals surface area (Å²) < 4.78 is 1.99. The number of rotatable bonds is 4. The van der Waals surface area contributed by atoms with Gasteiger partial charge in [0.25, 0.3) is 0 Å². The molecule has 1 amide bonds. The van der Waals surface area contributed by atoms with E-state index in [-0.39, 0.29) is 11.9 Å². The van der Waals surface area contributed by atoms with Gasteiger partial charge in [-0.2, -0.15) is 5.10 Å². The van der Waals surface area contributed by atoms with Gasteiger partial charge in [0, 0.05) is 44.6 Å². The Hall–Kier alpha value is -2.24. The van der Waals surface area contributed by atoms with Crippen LogP contribution < -0.4 is 0 Å². The summed E-state index contributed by atoms with van der Waals surface area (Å²) in [6.45, 7) is 7.57. The lowest BCUT2D eigenvalue weighted by atomic mass is 9.91. The largest absolute Gasteiger partial charge is 0.343 e. The van der Waals surface area contributed by atoms with E-state index in [9.17, 15) is 4.79 Å². The molecule has 0 atom stereocenters. The molecule has 3 rings (SSSR count). The van der Waals surface area contributed by atoms with Crippen LogP contribution >= 0.6 is 0 Å². The fourth-order valence-electron chi connectivity index (χ4n) is 3.37. The zero-order chi connectivity index (χ0) is 17.1. The summed E-state index contributed by atoms with van der Waals surface area (Å²) in [6, 6.07) is 2.29. The van der Waals surface area contributed by atoms with Gasteiger partial charge < -0.3 is 4.90 Å². The molecule has 6 heteroatoms. The highest BCUT2D eigenvalue weighted by atomic mass is 16.2. The van der Waals surface area contributed by atoms with Gasteiger partial charge in [0.1, 0.15) is 5.69 Å². The van der Waals surface area contributed by atoms with Crippen molar-refractivity contribution in [3.05, 3.63) is 30.4 Å². The van der Waals surface area contributed by atoms with E-state index >= 15 is 0 Å². The zero-order valence-corrected chi connectivity index (χ0v) is 14.6. The Bertz CT molecular complexity index is 701. The summed E-state index contributed by atoms with van der Waals surface area (Å²) in [5.41, 5.74) is 2.98. The molecule has 1 aliphatic rings. The Labute approximate surface area is 142 Å². The van der Waals surface area contributed by atoms with E-state index in [0.717, 1.165) is 49.4 Å². The second kappa shape index (κ2) is 7.11. The lowest BCUT2D eigenvalue weighted by molar-refractivity contribution is -0.130. The van der Waals surface area contributed by atoms with Crippen molar-refractivity contribution in [3.63, 3.8) is 0 Å². The molecule has 0 aliphatic carbocycles. The molecule has 1 fully saturated rings. The minimum atomic E-state index is 0.175. The molecule has 1 saturated heterocycles. The summed E-state index contributed by atoms with van der Waals surface area (Å²) in [5, 5.41) is 4.41. The number of amides is 1. The molecule has 6 nitrogen and oxygen atoms in total. The molecule has 128 valence electrons. The second-order valence-corrected chi connectivity index (χ2v) is 6.76. The number of aromatic nitrogens is 4. The van der Waals surface area contributed by atoms with Crippen LogP contribution in [0.2, 0.25) is 0 Å². The first-order chi connectivity index (χ1) is 11.6. The summed E-state index contributed by atoms with van der Waals surface area (Å²) in [5.74, 6) is 0.723. The fraction of sp³-hybridized carbons (Fsp3) is 0.556. The van der Waals surface area contributed by atoms with Gasteiger partial charge in [-0.1, -0.05) is 0 Å². The third kappa shape index (κ3) is 3.47. The maximum absolute atomic E-state index is 11.5. The minimum Gasteiger partial charge on any atom is -0.343 e. The molecule has 0 bridgehead atoms. The number of hydrogen-bond acceptors (Lipinski definition) is 4. The summed E-state index contributed by atoms with van der Waals surface area (Å²) in [6.07, 6.45) is 8.28. The third-order valence-corrected chi connectivity index (χ3v) is 4.72. The molecule has 0 unspecified atom stereocenters. The van der Waals surface area contributed by atoms with Gasteiger partial charge in [-0.25, -0.2) is 0 Å². The zero-order valence-electron chi connectivity index (χ0n) is 14.6. The Morgan fingerprint density at radius 3 is 2.58 bits per heavy atom. The van der Waals surface area contributed by atoms with Gasteiger partial charge in [0.15, 0.2) is 0 Å². The lowest BCUT2D eigenvalue weighted by Gasteiger charge is -2.31. The number of carbonyl (C=O) groups is 1. The molecule has 1 aliphatic heterocycles. The van der Waals surface area contributed by atoms with E-state index in [1.807, 2.05) is 21.8 Å². The molecule has 0 saturated carbocycles.